The lowest BCUT2D eigenvalue weighted by Crippen LogP contribution is -2.12. The number of carbonyl (C=O) groups excluding carboxylic acids is 2. The molecule has 0 amide bonds. The number of carbonyl (C=O) groups is 2. The maximum absolute atomic E-state index is 12.8. The van der Waals surface area contributed by atoms with Crippen LogP contribution < -0.4 is 0 Å². The van der Waals surface area contributed by atoms with E-state index in [0.29, 0.717) is 30.2 Å². The van der Waals surface area contributed by atoms with Crippen LogP contribution in [0.3, 0.4) is 0 Å². The molecule has 0 N–H and O–H groups in total. The summed E-state index contributed by atoms with van der Waals surface area (Å²) in [5.74, 6) is -0.714. The number of halogens is 1. The number of hydrogen-bond donors (Lipinski definition) is 0. The van der Waals surface area contributed by atoms with E-state index in [0.717, 1.165) is 59.1 Å². The summed E-state index contributed by atoms with van der Waals surface area (Å²) < 4.78 is 14.2. The van der Waals surface area contributed by atoms with Crippen LogP contribution in [0.5, 0.6) is 0 Å². The van der Waals surface area contributed by atoms with E-state index < -0.39 is 5.97 Å². The van der Waals surface area contributed by atoms with Gasteiger partial charge in [-0.15, -0.1) is 0 Å². The van der Waals surface area contributed by atoms with Crippen LogP contribution in [0.4, 0.5) is 0 Å². The lowest BCUT2D eigenvalue weighted by Gasteiger charge is -2.16. The number of fused-ring (bicyclic) bond motifs is 2. The third-order valence-electron chi connectivity index (χ3n) is 6.18. The fourth-order valence-electron chi connectivity index (χ4n) is 4.86. The van der Waals surface area contributed by atoms with E-state index in [1.54, 1.807) is 0 Å². The van der Waals surface area contributed by atoms with Crippen LogP contribution in [0.1, 0.15) is 53.6 Å². The van der Waals surface area contributed by atoms with E-state index in [-0.39, 0.29) is 5.97 Å². The predicted octanol–water partition coefficient (Wildman–Crippen LogP) is 4.62. The Morgan fingerprint density at radius 2 is 2.00 bits per heavy atom. The number of ether oxygens (including phenoxy) is 2. The van der Waals surface area contributed by atoms with E-state index in [1.807, 2.05) is 30.7 Å². The molecular formula is C24H28ClN3O4. The SMILES string of the molecule is COC(=O)c1c(CCCOC(C)=O)c2ccc(Cl)c(-c3c(C)nn4c3CCCC4)c2n1C. The first-order valence-electron chi connectivity index (χ1n) is 10.9. The lowest BCUT2D eigenvalue weighted by atomic mass is 9.95. The second-order valence-corrected chi connectivity index (χ2v) is 8.63. The average molecular weight is 458 g/mol. The molecule has 1 aromatic carbocycles. The first-order chi connectivity index (χ1) is 15.3. The smallest absolute Gasteiger partial charge is 0.354 e. The Bertz CT molecular complexity index is 1210. The summed E-state index contributed by atoms with van der Waals surface area (Å²) in [7, 11) is 3.25. The molecule has 0 saturated carbocycles. The van der Waals surface area contributed by atoms with E-state index in [4.69, 9.17) is 26.2 Å². The highest BCUT2D eigenvalue weighted by molar-refractivity contribution is 6.35. The van der Waals surface area contributed by atoms with E-state index in [1.165, 1.54) is 19.7 Å². The van der Waals surface area contributed by atoms with Gasteiger partial charge in [-0.1, -0.05) is 17.7 Å². The van der Waals surface area contributed by atoms with Gasteiger partial charge in [0, 0.05) is 42.7 Å². The van der Waals surface area contributed by atoms with E-state index in [2.05, 4.69) is 4.68 Å². The summed E-state index contributed by atoms with van der Waals surface area (Å²) in [5.41, 5.74) is 6.36. The van der Waals surface area contributed by atoms with Gasteiger partial charge in [0.15, 0.2) is 0 Å². The quantitative estimate of drug-likeness (QED) is 0.398. The Hall–Kier alpha value is -2.80. The highest BCUT2D eigenvalue weighted by atomic mass is 35.5. The van der Waals surface area contributed by atoms with Crippen molar-refractivity contribution < 1.29 is 19.1 Å². The van der Waals surface area contributed by atoms with Crippen LogP contribution in [0.2, 0.25) is 5.02 Å². The normalized spacial score (nSPS) is 13.3. The number of methoxy groups -OCH3 is 1. The zero-order valence-electron chi connectivity index (χ0n) is 19.0. The number of esters is 2. The van der Waals surface area contributed by atoms with Crippen LogP contribution in [0, 0.1) is 6.92 Å². The number of aromatic nitrogens is 3. The average Bonchev–Trinajstić information content (AvgIpc) is 3.24. The number of hydrogen-bond acceptors (Lipinski definition) is 5. The first kappa shape index (κ1) is 22.4. The van der Waals surface area contributed by atoms with Gasteiger partial charge >= 0.3 is 11.9 Å². The van der Waals surface area contributed by atoms with Gasteiger partial charge in [-0.05, 0) is 50.7 Å². The fourth-order valence-corrected chi connectivity index (χ4v) is 5.11. The molecule has 3 aromatic rings. The molecule has 8 heteroatoms. The lowest BCUT2D eigenvalue weighted by molar-refractivity contribution is -0.141. The van der Waals surface area contributed by atoms with Gasteiger partial charge in [-0.25, -0.2) is 4.79 Å². The largest absolute Gasteiger partial charge is 0.466 e. The van der Waals surface area contributed by atoms with Crippen LogP contribution in [-0.4, -0.2) is 40.0 Å². The monoisotopic (exact) mass is 457 g/mol. The van der Waals surface area contributed by atoms with Crippen LogP contribution >= 0.6 is 11.6 Å². The van der Waals surface area contributed by atoms with Gasteiger partial charge in [-0.2, -0.15) is 5.10 Å². The molecule has 0 atom stereocenters. The Balaban J connectivity index is 1.93. The Morgan fingerprint density at radius 3 is 2.72 bits per heavy atom. The van der Waals surface area contributed by atoms with Crippen molar-refractivity contribution in [3.63, 3.8) is 0 Å². The molecule has 2 aromatic heterocycles. The Morgan fingerprint density at radius 1 is 1.22 bits per heavy atom. The summed E-state index contributed by atoms with van der Waals surface area (Å²) >= 11 is 6.79. The molecule has 0 radical (unpaired) electrons. The molecule has 7 nitrogen and oxygen atoms in total. The van der Waals surface area contributed by atoms with E-state index in [9.17, 15) is 9.59 Å². The first-order valence-corrected chi connectivity index (χ1v) is 11.3. The number of nitrogens with zero attached hydrogens (tertiary/aromatic N) is 3. The van der Waals surface area contributed by atoms with Gasteiger partial charge in [0.2, 0.25) is 0 Å². The van der Waals surface area contributed by atoms with Crippen molar-refractivity contribution in [2.45, 2.75) is 52.5 Å². The summed E-state index contributed by atoms with van der Waals surface area (Å²) in [4.78, 5) is 23.9. The number of benzene rings is 1. The van der Waals surface area contributed by atoms with Gasteiger partial charge in [0.25, 0.3) is 0 Å². The van der Waals surface area contributed by atoms with Gasteiger partial charge < -0.3 is 14.0 Å². The topological polar surface area (TPSA) is 75.4 Å². The summed E-state index contributed by atoms with van der Waals surface area (Å²) in [6.07, 6.45) is 4.36. The molecule has 0 spiro atoms. The Labute approximate surface area is 192 Å². The maximum atomic E-state index is 12.8. The van der Waals surface area contributed by atoms with Crippen molar-refractivity contribution in [2.24, 2.45) is 7.05 Å². The molecule has 0 unspecified atom stereocenters. The van der Waals surface area contributed by atoms with Crippen molar-refractivity contribution in [2.75, 3.05) is 13.7 Å². The molecule has 0 aliphatic carbocycles. The molecule has 32 heavy (non-hydrogen) atoms. The van der Waals surface area contributed by atoms with Crippen LogP contribution in [0.15, 0.2) is 12.1 Å². The van der Waals surface area contributed by atoms with Crippen molar-refractivity contribution in [3.05, 3.63) is 39.8 Å². The third kappa shape index (κ3) is 3.79. The second-order valence-electron chi connectivity index (χ2n) is 8.23. The highest BCUT2D eigenvalue weighted by Gasteiger charge is 2.28. The van der Waals surface area contributed by atoms with Crippen LogP contribution in [0.25, 0.3) is 22.0 Å². The molecule has 1 aliphatic heterocycles. The minimum atomic E-state index is -0.401. The third-order valence-corrected chi connectivity index (χ3v) is 6.50. The van der Waals surface area contributed by atoms with Gasteiger partial charge in [0.05, 0.1) is 29.9 Å². The molecule has 0 fully saturated rings. The zero-order chi connectivity index (χ0) is 23.0. The summed E-state index contributed by atoms with van der Waals surface area (Å²) in [5, 5.41) is 6.35. The standard InChI is InChI=1S/C24H28ClN3O4/c1-14-20(19-9-5-6-12-28(19)26-14)21-18(25)11-10-17-16(8-7-13-32-15(2)29)23(24(30)31-4)27(3)22(17)21/h10-11H,5-9,12-13H2,1-4H3. The Kier molecular flexibility index (Phi) is 6.29. The molecular weight excluding hydrogens is 430 g/mol. The number of aryl methyl sites for hydroxylation is 4. The zero-order valence-corrected chi connectivity index (χ0v) is 19.7. The van der Waals surface area contributed by atoms with Gasteiger partial charge in [-0.3, -0.25) is 9.48 Å². The van der Waals surface area contributed by atoms with Gasteiger partial charge in [0.1, 0.15) is 5.69 Å². The van der Waals surface area contributed by atoms with Crippen molar-refractivity contribution >= 4 is 34.4 Å². The molecule has 4 rings (SSSR count). The molecule has 1 aliphatic rings. The predicted molar refractivity (Wildman–Crippen MR) is 123 cm³/mol. The minimum Gasteiger partial charge on any atom is -0.466 e. The molecule has 0 bridgehead atoms. The second kappa shape index (κ2) is 8.98. The number of rotatable bonds is 6. The maximum Gasteiger partial charge on any atom is 0.354 e. The van der Waals surface area contributed by atoms with E-state index >= 15 is 0 Å². The molecule has 0 saturated heterocycles. The van der Waals surface area contributed by atoms with Crippen LogP contribution in [-0.2, 0) is 40.7 Å². The summed E-state index contributed by atoms with van der Waals surface area (Å²) in [6.45, 7) is 4.61. The molecule has 170 valence electrons. The molecule has 3 heterocycles. The van der Waals surface area contributed by atoms with Crippen molar-refractivity contribution in [3.8, 4) is 11.1 Å². The van der Waals surface area contributed by atoms with Crippen molar-refractivity contribution in [1.82, 2.24) is 14.3 Å². The fraction of sp³-hybridized carbons (Fsp3) is 0.458. The highest BCUT2D eigenvalue weighted by Crippen LogP contribution is 2.42. The van der Waals surface area contributed by atoms with Crippen molar-refractivity contribution in [1.29, 1.82) is 0 Å². The minimum absolute atomic E-state index is 0.294. The summed E-state index contributed by atoms with van der Waals surface area (Å²) in [6, 6.07) is 3.85.